The third kappa shape index (κ3) is 7.04. The van der Waals surface area contributed by atoms with Crippen LogP contribution < -0.4 is 0 Å². The Bertz CT molecular complexity index is 4180. The van der Waals surface area contributed by atoms with Gasteiger partial charge in [0.1, 0.15) is 0 Å². The van der Waals surface area contributed by atoms with Crippen LogP contribution in [-0.4, -0.2) is 0 Å². The van der Waals surface area contributed by atoms with Gasteiger partial charge in [-0.05, 0) is 179 Å². The van der Waals surface area contributed by atoms with Crippen LogP contribution in [-0.2, 0) is 23.7 Å². The molecule has 0 nitrogen and oxygen atoms in total. The highest BCUT2D eigenvalue weighted by Gasteiger charge is 2.49. The first-order valence-corrected chi connectivity index (χ1v) is 27.1. The molecule has 0 amide bonds. The number of rotatable bonds is 9. The van der Waals surface area contributed by atoms with Gasteiger partial charge in [0.05, 0.1) is 10.8 Å². The number of hydrogen-bond donors (Lipinski definition) is 0. The molecular weight excluding hydrogens is 913 g/mol. The quantitative estimate of drug-likeness (QED) is 0.135. The molecule has 0 radical (unpaired) electrons. The zero-order valence-corrected chi connectivity index (χ0v) is 43.7. The van der Waals surface area contributed by atoms with E-state index in [0.717, 1.165) is 12.8 Å². The summed E-state index contributed by atoms with van der Waals surface area (Å²) >= 11 is 0. The summed E-state index contributed by atoms with van der Waals surface area (Å²) in [6, 6.07) is 97.8. The lowest BCUT2D eigenvalue weighted by Gasteiger charge is -2.34. The van der Waals surface area contributed by atoms with Crippen LogP contribution in [0.4, 0.5) is 0 Å². The van der Waals surface area contributed by atoms with Crippen LogP contribution in [0, 0.1) is 20.8 Å². The molecule has 0 saturated heterocycles. The van der Waals surface area contributed by atoms with Gasteiger partial charge < -0.3 is 0 Å². The third-order valence-corrected chi connectivity index (χ3v) is 17.2. The van der Waals surface area contributed by atoms with Gasteiger partial charge in [0, 0.05) is 0 Å². The molecule has 12 aromatic rings. The molecule has 0 saturated carbocycles. The molecule has 0 aliphatic heterocycles. The van der Waals surface area contributed by atoms with Crippen LogP contribution >= 0.6 is 0 Å². The number of aryl methyl sites for hydroxylation is 4. The Hall–Kier alpha value is -8.84. The molecule has 2 aliphatic carbocycles. The molecule has 0 spiro atoms. The van der Waals surface area contributed by atoms with Gasteiger partial charge >= 0.3 is 0 Å². The zero-order valence-electron chi connectivity index (χ0n) is 43.7. The molecule has 1 unspecified atom stereocenters. The van der Waals surface area contributed by atoms with Crippen molar-refractivity contribution in [2.45, 2.75) is 51.4 Å². The van der Waals surface area contributed by atoms with Crippen LogP contribution in [0.3, 0.4) is 0 Å². The van der Waals surface area contributed by atoms with Crippen molar-refractivity contribution in [3.8, 4) is 44.5 Å². The van der Waals surface area contributed by atoms with E-state index >= 15 is 0 Å². The Morgan fingerprint density at radius 2 is 0.737 bits per heavy atom. The van der Waals surface area contributed by atoms with Crippen LogP contribution in [0.5, 0.6) is 0 Å². The summed E-state index contributed by atoms with van der Waals surface area (Å²) in [6.07, 6.45) is 1.80. The van der Waals surface area contributed by atoms with Crippen molar-refractivity contribution < 1.29 is 0 Å². The Balaban J connectivity index is 0.964. The molecule has 0 N–H and O–H groups in total. The molecule has 362 valence electrons. The van der Waals surface area contributed by atoms with E-state index in [0.29, 0.717) is 0 Å². The Morgan fingerprint density at radius 1 is 0.289 bits per heavy atom. The Kier molecular flexibility index (Phi) is 10.8. The number of benzene rings is 12. The predicted octanol–water partition coefficient (Wildman–Crippen LogP) is 19.1. The van der Waals surface area contributed by atoms with Crippen LogP contribution in [0.25, 0.3) is 66.1 Å². The largest absolute Gasteiger partial charge is 0.0713 e. The first-order chi connectivity index (χ1) is 37.3. The summed E-state index contributed by atoms with van der Waals surface area (Å²) in [5.41, 5.74) is 27.3. The molecule has 0 heterocycles. The smallest absolute Gasteiger partial charge is 0.0619 e. The van der Waals surface area contributed by atoms with Crippen molar-refractivity contribution in [3.05, 3.63) is 333 Å². The van der Waals surface area contributed by atoms with Crippen molar-refractivity contribution in [2.75, 3.05) is 0 Å². The highest BCUT2D eigenvalue weighted by molar-refractivity contribution is 5.98. The summed E-state index contributed by atoms with van der Waals surface area (Å²) in [5.74, 6) is 0. The van der Waals surface area contributed by atoms with Crippen LogP contribution in [0.1, 0.15) is 84.8 Å². The van der Waals surface area contributed by atoms with Crippen molar-refractivity contribution in [3.63, 3.8) is 0 Å². The molecule has 0 aromatic heterocycles. The maximum Gasteiger partial charge on any atom is 0.0713 e. The maximum atomic E-state index is 2.53. The van der Waals surface area contributed by atoms with E-state index in [4.69, 9.17) is 0 Å². The second kappa shape index (κ2) is 17.9. The standard InChI is InChI=1S/C76H58/c1-5-52-27-30-57-46-59(34-33-56(57)43-52)66-17-12-20-71-74(66)68-16-9-11-19-70(68)75(71,62-35-21-49(2)22-36-62)65-41-28-53(29-42-65)44-61-47-60(58-32-31-54-13-6-7-14-55(54)45-58)48-72-73(61)67-15-8-10-18-69(67)76(72,63-37-23-50(3)24-38-63)64-39-25-51(4)26-40-64/h6-43,45-48H,5,44H2,1-4H3. The van der Waals surface area contributed by atoms with E-state index in [1.165, 1.54) is 144 Å². The van der Waals surface area contributed by atoms with E-state index in [9.17, 15) is 0 Å². The fourth-order valence-corrected chi connectivity index (χ4v) is 13.5. The molecular formula is C76H58. The Morgan fingerprint density at radius 3 is 1.37 bits per heavy atom. The molecule has 0 bridgehead atoms. The highest BCUT2D eigenvalue weighted by Crippen LogP contribution is 2.60. The SMILES string of the molecule is CCc1ccc2cc(-c3cccc4c3-c3ccccc3C4(c3ccc(C)cc3)c3ccc(Cc4cc(-c5ccc6ccccc6c5)cc5c4-c4ccccc4C5(c4ccc(C)cc4)c4ccc(C)cc4)cc3)ccc2c1. The van der Waals surface area contributed by atoms with Gasteiger partial charge in [-0.2, -0.15) is 0 Å². The monoisotopic (exact) mass is 970 g/mol. The topological polar surface area (TPSA) is 0 Å². The van der Waals surface area contributed by atoms with Crippen LogP contribution in [0.15, 0.2) is 255 Å². The number of fused-ring (bicyclic) bond motifs is 8. The van der Waals surface area contributed by atoms with Gasteiger partial charge in [-0.1, -0.05) is 260 Å². The lowest BCUT2D eigenvalue weighted by atomic mass is 9.67. The molecule has 0 heteroatoms. The lowest BCUT2D eigenvalue weighted by molar-refractivity contribution is 0.766. The van der Waals surface area contributed by atoms with Gasteiger partial charge in [-0.15, -0.1) is 0 Å². The van der Waals surface area contributed by atoms with Crippen molar-refractivity contribution in [1.29, 1.82) is 0 Å². The van der Waals surface area contributed by atoms with Crippen molar-refractivity contribution >= 4 is 21.5 Å². The molecule has 76 heavy (non-hydrogen) atoms. The fraction of sp³-hybridized carbons (Fsp3) is 0.105. The van der Waals surface area contributed by atoms with E-state index in [2.05, 4.69) is 282 Å². The minimum absolute atomic E-state index is 0.535. The highest BCUT2D eigenvalue weighted by atomic mass is 14.5. The van der Waals surface area contributed by atoms with E-state index in [1.807, 2.05) is 0 Å². The average Bonchev–Trinajstić information content (AvgIpc) is 4.10. The summed E-state index contributed by atoms with van der Waals surface area (Å²) < 4.78 is 0. The second-order valence-electron chi connectivity index (χ2n) is 21.7. The maximum absolute atomic E-state index is 2.53. The third-order valence-electron chi connectivity index (χ3n) is 17.2. The minimum atomic E-state index is -0.543. The number of hydrogen-bond acceptors (Lipinski definition) is 0. The normalized spacial score (nSPS) is 14.8. The minimum Gasteiger partial charge on any atom is -0.0619 e. The van der Waals surface area contributed by atoms with Gasteiger partial charge in [-0.25, -0.2) is 0 Å². The van der Waals surface area contributed by atoms with Crippen LogP contribution in [0.2, 0.25) is 0 Å². The Labute approximate surface area is 447 Å². The summed E-state index contributed by atoms with van der Waals surface area (Å²) in [4.78, 5) is 0. The fourth-order valence-electron chi connectivity index (χ4n) is 13.5. The molecule has 14 rings (SSSR count). The van der Waals surface area contributed by atoms with Gasteiger partial charge in [-0.3, -0.25) is 0 Å². The average molecular weight is 971 g/mol. The van der Waals surface area contributed by atoms with Gasteiger partial charge in [0.2, 0.25) is 0 Å². The van der Waals surface area contributed by atoms with E-state index in [1.54, 1.807) is 0 Å². The van der Waals surface area contributed by atoms with E-state index < -0.39 is 10.8 Å². The van der Waals surface area contributed by atoms with Gasteiger partial charge in [0.15, 0.2) is 0 Å². The first-order valence-electron chi connectivity index (χ1n) is 27.1. The summed E-state index contributed by atoms with van der Waals surface area (Å²) in [6.45, 7) is 8.81. The summed E-state index contributed by atoms with van der Waals surface area (Å²) in [5, 5.41) is 5.06. The van der Waals surface area contributed by atoms with Crippen molar-refractivity contribution in [2.24, 2.45) is 0 Å². The predicted molar refractivity (Wildman–Crippen MR) is 320 cm³/mol. The molecule has 1 atom stereocenters. The lowest BCUT2D eigenvalue weighted by Crippen LogP contribution is -2.28. The van der Waals surface area contributed by atoms with Gasteiger partial charge in [0.25, 0.3) is 0 Å². The molecule has 12 aromatic carbocycles. The zero-order chi connectivity index (χ0) is 51.1. The van der Waals surface area contributed by atoms with E-state index in [-0.39, 0.29) is 0 Å². The molecule has 2 aliphatic rings. The summed E-state index contributed by atoms with van der Waals surface area (Å²) in [7, 11) is 0. The van der Waals surface area contributed by atoms with Crippen molar-refractivity contribution in [1.82, 2.24) is 0 Å². The molecule has 0 fully saturated rings. The second-order valence-corrected chi connectivity index (χ2v) is 21.7. The first kappa shape index (κ1) is 45.7.